The topological polar surface area (TPSA) is 89.9 Å². The van der Waals surface area contributed by atoms with Gasteiger partial charge in [-0.15, -0.1) is 0 Å². The molecule has 5 rings (SSSR count). The van der Waals surface area contributed by atoms with Gasteiger partial charge in [0.25, 0.3) is 0 Å². The van der Waals surface area contributed by atoms with Gasteiger partial charge in [0, 0.05) is 18.8 Å². The Balaban J connectivity index is 1.95. The van der Waals surface area contributed by atoms with Crippen LogP contribution in [0.1, 0.15) is 57.2 Å². The number of aromatic nitrogens is 4. The van der Waals surface area contributed by atoms with Gasteiger partial charge < -0.3 is 10.6 Å². The zero-order valence-electron chi connectivity index (χ0n) is 22.3. The number of fused-ring (bicyclic) bond motifs is 1. The summed E-state index contributed by atoms with van der Waals surface area (Å²) in [5.74, 6) is -3.38. The van der Waals surface area contributed by atoms with Crippen LogP contribution in [0.5, 0.6) is 0 Å². The number of nitrogen functional groups attached to an aromatic ring is 1. The van der Waals surface area contributed by atoms with E-state index in [1.807, 2.05) is 32.6 Å². The molecule has 0 saturated carbocycles. The fourth-order valence-electron chi connectivity index (χ4n) is 5.28. The summed E-state index contributed by atoms with van der Waals surface area (Å²) in [6.45, 7) is 8.28. The maximum atomic E-state index is 15.9. The Hall–Kier alpha value is -3.37. The van der Waals surface area contributed by atoms with Crippen molar-refractivity contribution in [1.82, 2.24) is 19.5 Å². The normalized spacial score (nSPS) is 15.8. The Morgan fingerprint density at radius 1 is 1.10 bits per heavy atom. The van der Waals surface area contributed by atoms with Crippen molar-refractivity contribution in [3.63, 3.8) is 0 Å². The fourth-order valence-corrected chi connectivity index (χ4v) is 5.71. The van der Waals surface area contributed by atoms with E-state index in [0.29, 0.717) is 23.5 Å². The summed E-state index contributed by atoms with van der Waals surface area (Å²) >= 11 is 11.8. The number of aryl methyl sites for hydroxylation is 1. The fraction of sp³-hybridized carbons (Fsp3) is 0.357. The molecule has 7 nitrogen and oxygen atoms in total. The average molecular weight is 591 g/mol. The monoisotopic (exact) mass is 590 g/mol. The Morgan fingerprint density at radius 2 is 1.82 bits per heavy atom. The van der Waals surface area contributed by atoms with E-state index in [9.17, 15) is 9.18 Å². The molecule has 1 aliphatic heterocycles. The van der Waals surface area contributed by atoms with E-state index in [2.05, 4.69) is 15.0 Å². The summed E-state index contributed by atoms with van der Waals surface area (Å²) in [6.07, 6.45) is 4.39. The molecule has 0 spiro atoms. The maximum absolute atomic E-state index is 15.9. The first-order valence-corrected chi connectivity index (χ1v) is 13.7. The molecule has 4 heterocycles. The number of rotatable bonds is 4. The molecule has 1 aliphatic rings. The smallest absolute Gasteiger partial charge is 0.355 e. The molecule has 1 aromatic carbocycles. The lowest BCUT2D eigenvalue weighted by molar-refractivity contribution is 0.481. The predicted molar refractivity (Wildman–Crippen MR) is 152 cm³/mol. The van der Waals surface area contributed by atoms with Gasteiger partial charge in [0.2, 0.25) is 0 Å². The molecule has 0 radical (unpaired) electrons. The highest BCUT2D eigenvalue weighted by Crippen LogP contribution is 2.42. The number of hydrogen-bond donors (Lipinski definition) is 1. The van der Waals surface area contributed by atoms with Crippen LogP contribution < -0.4 is 16.3 Å². The van der Waals surface area contributed by atoms with Crippen molar-refractivity contribution in [2.75, 3.05) is 17.2 Å². The highest BCUT2D eigenvalue weighted by atomic mass is 35.5. The van der Waals surface area contributed by atoms with E-state index in [-0.39, 0.29) is 28.8 Å². The zero-order chi connectivity index (χ0) is 29.0. The SMILES string of the molecule is Cc1ccnc(C(C)C)c1-n1c(=O)nc(N2CCCC[C@@H]2C)c2cc(F)c(-c3c(N)c(Cl)c(F)c(Cl)c3F)nc21. The van der Waals surface area contributed by atoms with Gasteiger partial charge >= 0.3 is 5.69 Å². The van der Waals surface area contributed by atoms with Crippen LogP contribution in [0.25, 0.3) is 28.0 Å². The molecule has 1 fully saturated rings. The second-order valence-electron chi connectivity index (χ2n) is 10.3. The molecule has 4 aromatic rings. The van der Waals surface area contributed by atoms with E-state index in [4.69, 9.17) is 28.9 Å². The first-order valence-electron chi connectivity index (χ1n) is 12.9. The molecule has 3 aromatic heterocycles. The molecule has 0 bridgehead atoms. The van der Waals surface area contributed by atoms with Crippen LogP contribution in [0.3, 0.4) is 0 Å². The van der Waals surface area contributed by atoms with Gasteiger partial charge in [0.1, 0.15) is 21.6 Å². The molecular weight excluding hydrogens is 564 g/mol. The van der Waals surface area contributed by atoms with Gasteiger partial charge in [-0.1, -0.05) is 37.0 Å². The Morgan fingerprint density at radius 3 is 2.50 bits per heavy atom. The summed E-state index contributed by atoms with van der Waals surface area (Å²) in [4.78, 5) is 29.2. The number of benzene rings is 1. The van der Waals surface area contributed by atoms with Crippen LogP contribution in [-0.4, -0.2) is 32.1 Å². The van der Waals surface area contributed by atoms with Crippen LogP contribution in [0.15, 0.2) is 23.1 Å². The van der Waals surface area contributed by atoms with E-state index in [1.165, 1.54) is 4.57 Å². The van der Waals surface area contributed by atoms with Crippen LogP contribution in [0.4, 0.5) is 24.7 Å². The minimum atomic E-state index is -1.32. The molecule has 12 heteroatoms. The molecule has 2 N–H and O–H groups in total. The van der Waals surface area contributed by atoms with Gasteiger partial charge in [0.15, 0.2) is 23.1 Å². The minimum absolute atomic E-state index is 0.0116. The second kappa shape index (κ2) is 10.6. The van der Waals surface area contributed by atoms with Gasteiger partial charge in [-0.2, -0.15) is 4.98 Å². The van der Waals surface area contributed by atoms with Crippen molar-refractivity contribution < 1.29 is 13.2 Å². The van der Waals surface area contributed by atoms with E-state index < -0.39 is 50.1 Å². The van der Waals surface area contributed by atoms with Crippen LogP contribution in [0, 0.1) is 24.4 Å². The number of piperidine rings is 1. The van der Waals surface area contributed by atoms with Crippen LogP contribution in [0.2, 0.25) is 10.0 Å². The standard InChI is InChI=1S/C28H27Cl2F3N6O/c1-12(2)23-25(13(3)8-9-35-23)39-27-15(26(37-28(39)40)38-10-6-5-7-14(38)4)11-16(31)24(36-27)17-20(32)18(29)21(33)19(30)22(17)34/h8-9,11-12,14H,5-7,10,34H2,1-4H3/t14-/m0/s1. The molecule has 210 valence electrons. The van der Waals surface area contributed by atoms with Crippen molar-refractivity contribution in [3.8, 4) is 16.9 Å². The Kier molecular flexibility index (Phi) is 7.43. The first-order chi connectivity index (χ1) is 18.9. The predicted octanol–water partition coefficient (Wildman–Crippen LogP) is 6.96. The molecule has 0 aliphatic carbocycles. The van der Waals surface area contributed by atoms with Gasteiger partial charge in [0.05, 0.1) is 28.0 Å². The number of nitrogens with zero attached hydrogens (tertiary/aromatic N) is 5. The quantitative estimate of drug-likeness (QED) is 0.157. The van der Waals surface area contributed by atoms with Crippen molar-refractivity contribution in [3.05, 3.63) is 67.6 Å². The number of anilines is 2. The summed E-state index contributed by atoms with van der Waals surface area (Å²) in [5.41, 5.74) is 5.29. The number of halogens is 5. The lowest BCUT2D eigenvalue weighted by Crippen LogP contribution is -2.40. The lowest BCUT2D eigenvalue weighted by Gasteiger charge is -2.35. The number of nitrogens with two attached hydrogens (primary N) is 1. The summed E-state index contributed by atoms with van der Waals surface area (Å²) < 4.78 is 46.8. The minimum Gasteiger partial charge on any atom is -0.397 e. The summed E-state index contributed by atoms with van der Waals surface area (Å²) in [5, 5.41) is -1.37. The first kappa shape index (κ1) is 28.2. The third-order valence-corrected chi connectivity index (χ3v) is 8.04. The third-order valence-electron chi connectivity index (χ3n) is 7.34. The Labute approximate surface area is 238 Å². The lowest BCUT2D eigenvalue weighted by atomic mass is 10.0. The van der Waals surface area contributed by atoms with Crippen LogP contribution in [-0.2, 0) is 0 Å². The van der Waals surface area contributed by atoms with Gasteiger partial charge in [-0.25, -0.2) is 27.5 Å². The summed E-state index contributed by atoms with van der Waals surface area (Å²) in [6, 6.07) is 2.92. The highest BCUT2D eigenvalue weighted by molar-refractivity contribution is 6.37. The maximum Gasteiger partial charge on any atom is 0.355 e. The van der Waals surface area contributed by atoms with Crippen molar-refractivity contribution in [1.29, 1.82) is 0 Å². The molecule has 1 saturated heterocycles. The largest absolute Gasteiger partial charge is 0.397 e. The number of hydrogen-bond acceptors (Lipinski definition) is 6. The van der Waals surface area contributed by atoms with Crippen molar-refractivity contribution in [2.45, 2.75) is 58.9 Å². The average Bonchev–Trinajstić information content (AvgIpc) is 2.92. The second-order valence-corrected chi connectivity index (χ2v) is 11.1. The van der Waals surface area contributed by atoms with E-state index >= 15 is 8.78 Å². The third kappa shape index (κ3) is 4.47. The van der Waals surface area contributed by atoms with Gasteiger partial charge in [-0.3, -0.25) is 4.98 Å². The number of pyridine rings is 2. The highest BCUT2D eigenvalue weighted by Gasteiger charge is 2.30. The molecule has 0 amide bonds. The zero-order valence-corrected chi connectivity index (χ0v) is 23.8. The van der Waals surface area contributed by atoms with E-state index in [1.54, 1.807) is 12.3 Å². The van der Waals surface area contributed by atoms with Crippen LogP contribution >= 0.6 is 23.2 Å². The van der Waals surface area contributed by atoms with E-state index in [0.717, 1.165) is 25.3 Å². The molecule has 40 heavy (non-hydrogen) atoms. The molecule has 0 unspecified atom stereocenters. The molecule has 1 atom stereocenters. The molecular formula is C28H27Cl2F3N6O. The van der Waals surface area contributed by atoms with Crippen molar-refractivity contribution >= 4 is 45.7 Å². The summed E-state index contributed by atoms with van der Waals surface area (Å²) in [7, 11) is 0. The Bertz CT molecular complexity index is 1700. The van der Waals surface area contributed by atoms with Crippen molar-refractivity contribution in [2.24, 2.45) is 0 Å². The van der Waals surface area contributed by atoms with Gasteiger partial charge in [-0.05, 0) is 56.7 Å².